The maximum atomic E-state index is 13.6. The molecule has 1 aromatic carbocycles. The molecule has 1 aromatic rings. The maximum absolute atomic E-state index is 13.6. The Kier molecular flexibility index (Phi) is 6.62. The standard InChI is InChI=1S/C26H33NO8/c1-7-9-13-16(21(31-6)23-22(20(13)30-5)33-12-34-23)18-17-14(28)10-26(3,4)11-15(17)35-24(27)19(18)25(29)32-8-2/h18H,7-12,27H2,1-6H3/t18-/m0/s1. The summed E-state index contributed by atoms with van der Waals surface area (Å²) in [6, 6.07) is 0. The number of hydrogen-bond donors (Lipinski definition) is 1. The summed E-state index contributed by atoms with van der Waals surface area (Å²) in [5.41, 5.74) is 7.83. The minimum Gasteiger partial charge on any atom is -0.492 e. The van der Waals surface area contributed by atoms with E-state index in [9.17, 15) is 9.59 Å². The highest BCUT2D eigenvalue weighted by molar-refractivity contribution is 6.04. The van der Waals surface area contributed by atoms with Crippen molar-refractivity contribution in [3.63, 3.8) is 0 Å². The molecule has 0 fully saturated rings. The predicted octanol–water partition coefficient (Wildman–Crippen LogP) is 3.88. The van der Waals surface area contributed by atoms with Crippen LogP contribution >= 0.6 is 0 Å². The number of hydrogen-bond acceptors (Lipinski definition) is 9. The first kappa shape index (κ1) is 24.8. The van der Waals surface area contributed by atoms with Crippen molar-refractivity contribution in [2.75, 3.05) is 27.6 Å². The van der Waals surface area contributed by atoms with Crippen molar-refractivity contribution in [3.8, 4) is 23.0 Å². The molecule has 0 unspecified atom stereocenters. The highest BCUT2D eigenvalue weighted by Gasteiger charge is 2.48. The zero-order valence-corrected chi connectivity index (χ0v) is 21.2. The molecule has 2 heterocycles. The van der Waals surface area contributed by atoms with Crippen molar-refractivity contribution in [3.05, 3.63) is 33.9 Å². The predicted molar refractivity (Wildman–Crippen MR) is 126 cm³/mol. The maximum Gasteiger partial charge on any atom is 0.340 e. The van der Waals surface area contributed by atoms with Gasteiger partial charge in [0.1, 0.15) is 11.3 Å². The smallest absolute Gasteiger partial charge is 0.340 e. The number of Topliss-reactive ketones (excluding diaryl/α,β-unsaturated/α-hetero) is 1. The van der Waals surface area contributed by atoms with Crippen LogP contribution in [0, 0.1) is 5.41 Å². The second kappa shape index (κ2) is 9.36. The Morgan fingerprint density at radius 1 is 1.09 bits per heavy atom. The van der Waals surface area contributed by atoms with Gasteiger partial charge in [0.05, 0.1) is 26.7 Å². The van der Waals surface area contributed by atoms with E-state index in [1.54, 1.807) is 14.0 Å². The van der Waals surface area contributed by atoms with E-state index in [1.807, 2.05) is 20.8 Å². The number of methoxy groups -OCH3 is 2. The Balaban J connectivity index is 2.09. The Morgan fingerprint density at radius 2 is 1.74 bits per heavy atom. The first-order valence-corrected chi connectivity index (χ1v) is 11.9. The van der Waals surface area contributed by atoms with Crippen LogP contribution in [0.3, 0.4) is 0 Å². The van der Waals surface area contributed by atoms with E-state index < -0.39 is 11.9 Å². The average Bonchev–Trinajstić information content (AvgIpc) is 3.26. The molecule has 3 aliphatic rings. The minimum absolute atomic E-state index is 0.00533. The molecule has 0 spiro atoms. The summed E-state index contributed by atoms with van der Waals surface area (Å²) < 4.78 is 34.4. The van der Waals surface area contributed by atoms with Crippen LogP contribution in [0.2, 0.25) is 0 Å². The molecule has 9 heteroatoms. The third-order valence-corrected chi connectivity index (χ3v) is 6.52. The lowest BCUT2D eigenvalue weighted by molar-refractivity contribution is -0.139. The van der Waals surface area contributed by atoms with Crippen LogP contribution in [-0.4, -0.2) is 39.4 Å². The summed E-state index contributed by atoms with van der Waals surface area (Å²) in [5, 5.41) is 0. The van der Waals surface area contributed by atoms with Gasteiger partial charge in [-0.1, -0.05) is 27.2 Å². The molecule has 0 aromatic heterocycles. The zero-order chi connectivity index (χ0) is 25.5. The number of ether oxygens (including phenoxy) is 6. The van der Waals surface area contributed by atoms with E-state index in [0.29, 0.717) is 59.2 Å². The molecule has 1 aliphatic carbocycles. The van der Waals surface area contributed by atoms with Crippen molar-refractivity contribution in [1.29, 1.82) is 0 Å². The number of carbonyl (C=O) groups excluding carboxylic acids is 2. The Morgan fingerprint density at radius 3 is 2.34 bits per heavy atom. The lowest BCUT2D eigenvalue weighted by atomic mass is 9.69. The zero-order valence-electron chi connectivity index (χ0n) is 21.2. The number of ketones is 1. The molecule has 1 atom stereocenters. The monoisotopic (exact) mass is 487 g/mol. The highest BCUT2D eigenvalue weighted by atomic mass is 16.7. The van der Waals surface area contributed by atoms with Crippen molar-refractivity contribution < 1.29 is 38.0 Å². The van der Waals surface area contributed by atoms with Gasteiger partial charge in [-0.2, -0.15) is 0 Å². The van der Waals surface area contributed by atoms with Crippen molar-refractivity contribution in [2.45, 2.75) is 59.3 Å². The fourth-order valence-electron chi connectivity index (χ4n) is 5.24. The van der Waals surface area contributed by atoms with Gasteiger partial charge in [0.25, 0.3) is 0 Å². The highest BCUT2D eigenvalue weighted by Crippen LogP contribution is 2.58. The Labute approximate surface area is 205 Å². The van der Waals surface area contributed by atoms with Gasteiger partial charge < -0.3 is 34.2 Å². The lowest BCUT2D eigenvalue weighted by Crippen LogP contribution is -2.36. The third-order valence-electron chi connectivity index (χ3n) is 6.52. The summed E-state index contributed by atoms with van der Waals surface area (Å²) in [7, 11) is 3.06. The van der Waals surface area contributed by atoms with Gasteiger partial charge in [-0.15, -0.1) is 0 Å². The second-order valence-corrected chi connectivity index (χ2v) is 9.58. The number of fused-ring (bicyclic) bond motifs is 1. The largest absolute Gasteiger partial charge is 0.492 e. The molecular weight excluding hydrogens is 454 g/mol. The van der Waals surface area contributed by atoms with Crippen molar-refractivity contribution >= 4 is 11.8 Å². The van der Waals surface area contributed by atoms with E-state index >= 15 is 0 Å². The Bertz CT molecular complexity index is 1130. The summed E-state index contributed by atoms with van der Waals surface area (Å²) in [6.07, 6.45) is 2.13. The van der Waals surface area contributed by atoms with Crippen LogP contribution in [0.25, 0.3) is 0 Å². The molecule has 9 nitrogen and oxygen atoms in total. The molecular formula is C26H33NO8. The van der Waals surface area contributed by atoms with Gasteiger partial charge >= 0.3 is 5.97 Å². The average molecular weight is 488 g/mol. The van der Waals surface area contributed by atoms with E-state index in [-0.39, 0.29) is 36.1 Å². The number of esters is 1. The number of benzene rings is 1. The number of nitrogens with two attached hydrogens (primary N) is 1. The van der Waals surface area contributed by atoms with Gasteiger partial charge in [-0.25, -0.2) is 4.79 Å². The van der Waals surface area contributed by atoms with Gasteiger partial charge in [0, 0.05) is 29.5 Å². The first-order chi connectivity index (χ1) is 16.7. The fraction of sp³-hybridized carbons (Fsp3) is 0.538. The summed E-state index contributed by atoms with van der Waals surface area (Å²) in [5.74, 6) is 0.378. The molecule has 35 heavy (non-hydrogen) atoms. The minimum atomic E-state index is -0.874. The number of rotatable bonds is 7. The molecule has 2 N–H and O–H groups in total. The molecule has 0 bridgehead atoms. The van der Waals surface area contributed by atoms with E-state index in [1.165, 1.54) is 7.11 Å². The van der Waals surface area contributed by atoms with Crippen molar-refractivity contribution in [2.24, 2.45) is 11.1 Å². The van der Waals surface area contributed by atoms with Crippen molar-refractivity contribution in [1.82, 2.24) is 0 Å². The normalized spacial score (nSPS) is 20.4. The molecule has 0 saturated carbocycles. The van der Waals surface area contributed by atoms with Crippen LogP contribution in [0.5, 0.6) is 23.0 Å². The van der Waals surface area contributed by atoms with Crippen LogP contribution in [0.1, 0.15) is 64.0 Å². The quantitative estimate of drug-likeness (QED) is 0.572. The van der Waals surface area contributed by atoms with Gasteiger partial charge in [0.2, 0.25) is 24.2 Å². The molecule has 0 amide bonds. The van der Waals surface area contributed by atoms with Gasteiger partial charge in [-0.05, 0) is 18.8 Å². The van der Waals surface area contributed by atoms with E-state index in [4.69, 9.17) is 34.2 Å². The van der Waals surface area contributed by atoms with Gasteiger partial charge in [-0.3, -0.25) is 4.79 Å². The van der Waals surface area contributed by atoms with E-state index in [2.05, 4.69) is 0 Å². The lowest BCUT2D eigenvalue weighted by Gasteiger charge is -2.38. The molecule has 4 rings (SSSR count). The second-order valence-electron chi connectivity index (χ2n) is 9.58. The molecule has 190 valence electrons. The summed E-state index contributed by atoms with van der Waals surface area (Å²) in [6.45, 7) is 7.87. The number of allylic oxidation sites excluding steroid dienone is 2. The Hall–Kier alpha value is -3.36. The fourth-order valence-corrected chi connectivity index (χ4v) is 5.24. The molecule has 2 aliphatic heterocycles. The van der Waals surface area contributed by atoms with Crippen LogP contribution in [0.15, 0.2) is 22.8 Å². The number of carbonyl (C=O) groups is 2. The summed E-state index contributed by atoms with van der Waals surface area (Å²) in [4.78, 5) is 26.9. The first-order valence-electron chi connectivity index (χ1n) is 11.9. The molecule has 0 radical (unpaired) electrons. The van der Waals surface area contributed by atoms with E-state index in [0.717, 1.165) is 12.0 Å². The topological polar surface area (TPSA) is 116 Å². The van der Waals surface area contributed by atoms with Crippen LogP contribution < -0.4 is 24.7 Å². The SMILES string of the molecule is CCCc1c(OC)c2c(c(OC)c1[C@@H]1C(C(=O)OCC)=C(N)OC3=C1C(=O)CC(C)(C)C3)OCO2. The molecule has 0 saturated heterocycles. The van der Waals surface area contributed by atoms with Crippen LogP contribution in [-0.2, 0) is 25.5 Å². The van der Waals surface area contributed by atoms with Gasteiger partial charge in [0.15, 0.2) is 17.3 Å². The third kappa shape index (κ3) is 4.06. The van der Waals surface area contributed by atoms with Crippen LogP contribution in [0.4, 0.5) is 0 Å². The summed E-state index contributed by atoms with van der Waals surface area (Å²) >= 11 is 0.